The molecule has 2 heterocycles. The number of aromatic nitrogens is 3. The smallest absolute Gasteiger partial charge is 0.200 e. The minimum atomic E-state index is -0.305. The van der Waals surface area contributed by atoms with Crippen molar-refractivity contribution in [2.75, 3.05) is 0 Å². The quantitative estimate of drug-likeness (QED) is 0.442. The summed E-state index contributed by atoms with van der Waals surface area (Å²) in [5.74, 6) is 0.622. The lowest BCUT2D eigenvalue weighted by atomic mass is 10.0. The molecular formula is C20H15F2N3OS. The van der Waals surface area contributed by atoms with Gasteiger partial charge >= 0.3 is 0 Å². The Morgan fingerprint density at radius 3 is 2.00 bits per heavy atom. The van der Waals surface area contributed by atoms with Crippen molar-refractivity contribution in [1.29, 1.82) is 0 Å². The first-order valence-corrected chi connectivity index (χ1v) is 9.10. The summed E-state index contributed by atoms with van der Waals surface area (Å²) in [6.45, 7) is 0. The van der Waals surface area contributed by atoms with Gasteiger partial charge < -0.3 is 8.98 Å². The predicted octanol–water partition coefficient (Wildman–Crippen LogP) is 5.24. The summed E-state index contributed by atoms with van der Waals surface area (Å²) in [7, 11) is 1.85. The molecule has 0 aliphatic rings. The second kappa shape index (κ2) is 7.36. The molecule has 7 heteroatoms. The second-order valence-corrected chi connectivity index (χ2v) is 7.02. The number of benzene rings is 2. The molecule has 0 atom stereocenters. The van der Waals surface area contributed by atoms with E-state index >= 15 is 0 Å². The van der Waals surface area contributed by atoms with Gasteiger partial charge in [0, 0.05) is 7.05 Å². The van der Waals surface area contributed by atoms with Crippen molar-refractivity contribution in [1.82, 2.24) is 14.8 Å². The fraction of sp³-hybridized carbons (Fsp3) is 0.100. The first-order chi connectivity index (χ1) is 13.1. The van der Waals surface area contributed by atoms with Gasteiger partial charge in [-0.2, -0.15) is 0 Å². The Kier molecular flexibility index (Phi) is 4.77. The molecule has 0 spiro atoms. The van der Waals surface area contributed by atoms with Crippen molar-refractivity contribution in [3.8, 4) is 11.6 Å². The summed E-state index contributed by atoms with van der Waals surface area (Å²) in [5, 5.41) is 8.94. The Labute approximate surface area is 158 Å². The standard InChI is InChI=1S/C20H15F2N3OS/c1-25-19(17-3-2-12-26-17)23-24-20(25)27-18(13-4-8-15(21)9-5-13)14-6-10-16(22)11-7-14/h2-12,18H,1H3. The molecule has 0 unspecified atom stereocenters. The molecule has 136 valence electrons. The van der Waals surface area contributed by atoms with Crippen LogP contribution < -0.4 is 0 Å². The molecule has 0 saturated heterocycles. The number of nitrogens with zero attached hydrogens (tertiary/aromatic N) is 3. The summed E-state index contributed by atoms with van der Waals surface area (Å²) in [5.41, 5.74) is 1.77. The van der Waals surface area contributed by atoms with Crippen molar-refractivity contribution in [3.63, 3.8) is 0 Å². The number of thioether (sulfide) groups is 1. The van der Waals surface area contributed by atoms with Gasteiger partial charge in [0.05, 0.1) is 11.5 Å². The van der Waals surface area contributed by atoms with Gasteiger partial charge in [-0.25, -0.2) is 8.78 Å². The van der Waals surface area contributed by atoms with E-state index in [1.807, 2.05) is 17.7 Å². The summed E-state index contributed by atoms with van der Waals surface area (Å²) >= 11 is 1.45. The van der Waals surface area contributed by atoms with Crippen LogP contribution in [0.5, 0.6) is 0 Å². The van der Waals surface area contributed by atoms with Crippen LogP contribution in [0.3, 0.4) is 0 Å². The lowest BCUT2D eigenvalue weighted by molar-refractivity contribution is 0.572. The summed E-state index contributed by atoms with van der Waals surface area (Å²) < 4.78 is 34.0. The number of hydrogen-bond acceptors (Lipinski definition) is 4. The fourth-order valence-electron chi connectivity index (χ4n) is 2.75. The molecule has 0 saturated carbocycles. The Morgan fingerprint density at radius 2 is 1.48 bits per heavy atom. The van der Waals surface area contributed by atoms with E-state index in [-0.39, 0.29) is 16.9 Å². The Hall–Kier alpha value is -2.93. The molecule has 0 N–H and O–H groups in total. The lowest BCUT2D eigenvalue weighted by Gasteiger charge is -2.17. The van der Waals surface area contributed by atoms with Crippen LogP contribution in [0.4, 0.5) is 8.78 Å². The number of rotatable bonds is 5. The monoisotopic (exact) mass is 383 g/mol. The highest BCUT2D eigenvalue weighted by Gasteiger charge is 2.21. The summed E-state index contributed by atoms with van der Waals surface area (Å²) in [4.78, 5) is 0. The maximum absolute atomic E-state index is 13.4. The Bertz CT molecular complexity index is 983. The number of halogens is 2. The highest BCUT2D eigenvalue weighted by atomic mass is 32.2. The lowest BCUT2D eigenvalue weighted by Crippen LogP contribution is -2.01. The van der Waals surface area contributed by atoms with Crippen LogP contribution in [0.15, 0.2) is 76.5 Å². The van der Waals surface area contributed by atoms with Crippen LogP contribution in [-0.4, -0.2) is 14.8 Å². The van der Waals surface area contributed by atoms with Crippen molar-refractivity contribution >= 4 is 11.8 Å². The third-order valence-corrected chi connectivity index (χ3v) is 5.49. The molecule has 0 radical (unpaired) electrons. The molecular weight excluding hydrogens is 368 g/mol. The Balaban J connectivity index is 1.71. The minimum Gasteiger partial charge on any atom is -0.461 e. The molecule has 4 aromatic rings. The van der Waals surface area contributed by atoms with E-state index in [4.69, 9.17) is 4.42 Å². The van der Waals surface area contributed by atoms with Crippen LogP contribution in [-0.2, 0) is 7.05 Å². The zero-order valence-electron chi connectivity index (χ0n) is 14.3. The van der Waals surface area contributed by atoms with Gasteiger partial charge in [0.25, 0.3) is 0 Å². The van der Waals surface area contributed by atoms with Crippen molar-refractivity contribution in [2.24, 2.45) is 7.05 Å². The van der Waals surface area contributed by atoms with Gasteiger partial charge in [-0.3, -0.25) is 0 Å². The first-order valence-electron chi connectivity index (χ1n) is 8.22. The SMILES string of the molecule is Cn1c(SC(c2ccc(F)cc2)c2ccc(F)cc2)nnc1-c1ccco1. The van der Waals surface area contributed by atoms with Gasteiger partial charge in [-0.05, 0) is 47.5 Å². The maximum Gasteiger partial charge on any atom is 0.200 e. The third-order valence-electron chi connectivity index (χ3n) is 4.15. The minimum absolute atomic E-state index is 0.196. The normalized spacial score (nSPS) is 11.3. The predicted molar refractivity (Wildman–Crippen MR) is 99.2 cm³/mol. The molecule has 0 bridgehead atoms. The zero-order valence-corrected chi connectivity index (χ0v) is 15.2. The van der Waals surface area contributed by atoms with Gasteiger partial charge in [0.1, 0.15) is 11.6 Å². The van der Waals surface area contributed by atoms with Crippen molar-refractivity contribution in [2.45, 2.75) is 10.4 Å². The van der Waals surface area contributed by atoms with Crippen molar-refractivity contribution < 1.29 is 13.2 Å². The van der Waals surface area contributed by atoms with E-state index in [0.717, 1.165) is 11.1 Å². The van der Waals surface area contributed by atoms with E-state index < -0.39 is 0 Å². The largest absolute Gasteiger partial charge is 0.461 e. The number of furan rings is 1. The van der Waals surface area contributed by atoms with Crippen LogP contribution in [0.2, 0.25) is 0 Å². The van der Waals surface area contributed by atoms with Gasteiger partial charge in [0.2, 0.25) is 0 Å². The molecule has 4 nitrogen and oxygen atoms in total. The van der Waals surface area contributed by atoms with Gasteiger partial charge in [-0.1, -0.05) is 36.0 Å². The number of hydrogen-bond donors (Lipinski definition) is 0. The fourth-order valence-corrected chi connectivity index (χ4v) is 3.88. The average molecular weight is 383 g/mol. The topological polar surface area (TPSA) is 43.9 Å². The van der Waals surface area contributed by atoms with Gasteiger partial charge in [0.15, 0.2) is 16.7 Å². The van der Waals surface area contributed by atoms with Crippen molar-refractivity contribution in [3.05, 3.63) is 89.7 Å². The molecule has 0 amide bonds. The van der Waals surface area contributed by atoms with E-state index in [1.54, 1.807) is 36.6 Å². The molecule has 27 heavy (non-hydrogen) atoms. The molecule has 0 aliphatic carbocycles. The molecule has 0 fully saturated rings. The Morgan fingerprint density at radius 1 is 0.889 bits per heavy atom. The van der Waals surface area contributed by atoms with Crippen LogP contribution >= 0.6 is 11.8 Å². The second-order valence-electron chi connectivity index (χ2n) is 5.94. The molecule has 4 rings (SSSR count). The first kappa shape index (κ1) is 17.5. The van der Waals surface area contributed by atoms with Gasteiger partial charge in [-0.15, -0.1) is 10.2 Å². The average Bonchev–Trinajstić information content (AvgIpc) is 3.32. The van der Waals surface area contributed by atoms with E-state index in [2.05, 4.69) is 10.2 Å². The third kappa shape index (κ3) is 3.64. The summed E-state index contributed by atoms with van der Waals surface area (Å²) in [6, 6.07) is 16.1. The summed E-state index contributed by atoms with van der Waals surface area (Å²) in [6.07, 6.45) is 1.58. The molecule has 0 aliphatic heterocycles. The highest BCUT2D eigenvalue weighted by Crippen LogP contribution is 2.40. The van der Waals surface area contributed by atoms with Crippen LogP contribution in [0.25, 0.3) is 11.6 Å². The van der Waals surface area contributed by atoms with E-state index in [9.17, 15) is 8.78 Å². The van der Waals surface area contributed by atoms with E-state index in [0.29, 0.717) is 16.7 Å². The molecule has 2 aromatic heterocycles. The van der Waals surface area contributed by atoms with E-state index in [1.165, 1.54) is 36.0 Å². The maximum atomic E-state index is 13.4. The highest BCUT2D eigenvalue weighted by molar-refractivity contribution is 7.99. The molecule has 2 aromatic carbocycles. The zero-order chi connectivity index (χ0) is 18.8. The van der Waals surface area contributed by atoms with Crippen LogP contribution in [0, 0.1) is 11.6 Å². The van der Waals surface area contributed by atoms with Crippen LogP contribution in [0.1, 0.15) is 16.4 Å².